The van der Waals surface area contributed by atoms with Gasteiger partial charge in [0.25, 0.3) is 11.8 Å². The highest BCUT2D eigenvalue weighted by molar-refractivity contribution is 7.40. The number of carbonyl (C=O) groups is 6. The van der Waals surface area contributed by atoms with Crippen molar-refractivity contribution in [2.24, 2.45) is 5.92 Å². The van der Waals surface area contributed by atoms with E-state index in [1.165, 1.54) is 12.2 Å². The standard InChI is InChI=1S/C21H25N4O6P/c1-12(2)20(21(31)23-11-19(30)32)24-16(27)10-22-15(26)9-13-3-5-14(6-4-13)25-17(28)7-8-18(25)29/h3-8,12,20H,9-11,32H2,1-2H3,(H,22,26)(H,23,31)(H,24,27). The molecule has 5 amide bonds. The van der Waals surface area contributed by atoms with E-state index < -0.39 is 35.6 Å². The Morgan fingerprint density at radius 3 is 2.03 bits per heavy atom. The van der Waals surface area contributed by atoms with Crippen LogP contribution >= 0.6 is 9.24 Å². The number of hydrogen-bond acceptors (Lipinski definition) is 6. The smallest absolute Gasteiger partial charge is 0.258 e. The first-order valence-electron chi connectivity index (χ1n) is 9.85. The molecule has 1 aliphatic rings. The molecule has 3 N–H and O–H groups in total. The second kappa shape index (κ2) is 11.3. The van der Waals surface area contributed by atoms with Crippen LogP contribution in [0.15, 0.2) is 36.4 Å². The van der Waals surface area contributed by atoms with Crippen LogP contribution in [0.5, 0.6) is 0 Å². The van der Waals surface area contributed by atoms with Crippen LogP contribution in [0.25, 0.3) is 0 Å². The molecular formula is C21H25N4O6P. The zero-order chi connectivity index (χ0) is 23.8. The van der Waals surface area contributed by atoms with Crippen LogP contribution < -0.4 is 20.9 Å². The van der Waals surface area contributed by atoms with Crippen molar-refractivity contribution >= 4 is 50.0 Å². The molecule has 10 nitrogen and oxygen atoms in total. The van der Waals surface area contributed by atoms with Crippen molar-refractivity contribution in [2.45, 2.75) is 26.3 Å². The molecule has 0 radical (unpaired) electrons. The summed E-state index contributed by atoms with van der Waals surface area (Å²) in [5.74, 6) is -2.53. The molecule has 1 aliphatic heterocycles. The lowest BCUT2D eigenvalue weighted by molar-refractivity contribution is -0.131. The number of amides is 5. The normalized spacial score (nSPS) is 13.8. The van der Waals surface area contributed by atoms with Gasteiger partial charge >= 0.3 is 0 Å². The molecule has 170 valence electrons. The third-order valence-corrected chi connectivity index (χ3v) is 4.72. The summed E-state index contributed by atoms with van der Waals surface area (Å²) < 4.78 is 0. The van der Waals surface area contributed by atoms with Gasteiger partial charge in [-0.05, 0) is 23.6 Å². The number of carbonyl (C=O) groups excluding carboxylic acids is 6. The minimum atomic E-state index is -0.846. The molecule has 0 saturated heterocycles. The van der Waals surface area contributed by atoms with Crippen molar-refractivity contribution in [2.75, 3.05) is 18.0 Å². The summed E-state index contributed by atoms with van der Waals surface area (Å²) in [6.07, 6.45) is 2.35. The summed E-state index contributed by atoms with van der Waals surface area (Å²) in [6.45, 7) is 3.01. The van der Waals surface area contributed by atoms with E-state index in [0.717, 1.165) is 4.90 Å². The number of nitrogens with zero attached hydrogens (tertiary/aromatic N) is 1. The Morgan fingerprint density at radius 2 is 1.50 bits per heavy atom. The summed E-state index contributed by atoms with van der Waals surface area (Å²) >= 11 is 0. The van der Waals surface area contributed by atoms with Gasteiger partial charge in [-0.3, -0.25) is 28.8 Å². The SMILES string of the molecule is CC(C)C(NC(=O)CNC(=O)Cc1ccc(N2C(=O)C=CC2=O)cc1)C(=O)NCC(=O)P. The number of rotatable bonds is 10. The fraction of sp³-hybridized carbons (Fsp3) is 0.333. The first kappa shape index (κ1) is 24.9. The Kier molecular flexibility index (Phi) is 8.78. The molecule has 1 aromatic rings. The van der Waals surface area contributed by atoms with Crippen molar-refractivity contribution < 1.29 is 28.8 Å². The van der Waals surface area contributed by atoms with Crippen LogP contribution in [0.2, 0.25) is 0 Å². The number of anilines is 1. The Labute approximate surface area is 187 Å². The highest BCUT2D eigenvalue weighted by Crippen LogP contribution is 2.19. The van der Waals surface area contributed by atoms with Gasteiger partial charge < -0.3 is 16.0 Å². The fourth-order valence-electron chi connectivity index (χ4n) is 2.89. The Balaban J connectivity index is 1.83. The van der Waals surface area contributed by atoms with Crippen LogP contribution in [-0.4, -0.2) is 54.2 Å². The van der Waals surface area contributed by atoms with E-state index in [1.54, 1.807) is 38.1 Å². The predicted octanol–water partition coefficient (Wildman–Crippen LogP) is -0.567. The molecule has 0 aromatic heterocycles. The largest absolute Gasteiger partial charge is 0.347 e. The lowest BCUT2D eigenvalue weighted by Crippen LogP contribution is -2.52. The van der Waals surface area contributed by atoms with Crippen molar-refractivity contribution in [1.29, 1.82) is 0 Å². The highest BCUT2D eigenvalue weighted by Gasteiger charge is 2.25. The Hall–Kier alpha value is -3.39. The Bertz CT molecular complexity index is 940. The summed E-state index contributed by atoms with van der Waals surface area (Å²) in [4.78, 5) is 71.9. The zero-order valence-corrected chi connectivity index (χ0v) is 18.9. The van der Waals surface area contributed by atoms with E-state index >= 15 is 0 Å². The van der Waals surface area contributed by atoms with Crippen LogP contribution in [-0.2, 0) is 35.2 Å². The zero-order valence-electron chi connectivity index (χ0n) is 17.7. The molecule has 2 unspecified atom stereocenters. The van der Waals surface area contributed by atoms with Crippen LogP contribution in [0.3, 0.4) is 0 Å². The van der Waals surface area contributed by atoms with Gasteiger partial charge in [0.1, 0.15) is 6.04 Å². The second-order valence-corrected chi connectivity index (χ2v) is 8.08. The molecule has 0 saturated carbocycles. The second-order valence-electron chi connectivity index (χ2n) is 7.44. The molecule has 1 heterocycles. The van der Waals surface area contributed by atoms with E-state index in [0.29, 0.717) is 11.3 Å². The molecule has 0 fully saturated rings. The van der Waals surface area contributed by atoms with E-state index in [2.05, 4.69) is 16.0 Å². The average molecular weight is 460 g/mol. The summed E-state index contributed by atoms with van der Waals surface area (Å²) in [6, 6.07) is 5.50. The molecule has 2 atom stereocenters. The van der Waals surface area contributed by atoms with E-state index in [9.17, 15) is 28.8 Å². The molecule has 0 aliphatic carbocycles. The van der Waals surface area contributed by atoms with Crippen LogP contribution in [0, 0.1) is 5.92 Å². The predicted molar refractivity (Wildman–Crippen MR) is 119 cm³/mol. The van der Waals surface area contributed by atoms with Gasteiger partial charge in [0.2, 0.25) is 17.7 Å². The van der Waals surface area contributed by atoms with Gasteiger partial charge in [0.15, 0.2) is 5.52 Å². The van der Waals surface area contributed by atoms with Gasteiger partial charge in [-0.25, -0.2) is 4.90 Å². The monoisotopic (exact) mass is 460 g/mol. The number of nitrogens with one attached hydrogen (secondary N) is 3. The third-order valence-electron chi connectivity index (χ3n) is 4.52. The maximum absolute atomic E-state index is 12.2. The molecule has 0 spiro atoms. The first-order chi connectivity index (χ1) is 15.1. The van der Waals surface area contributed by atoms with E-state index in [1.807, 2.05) is 9.24 Å². The van der Waals surface area contributed by atoms with Gasteiger partial charge in [-0.15, -0.1) is 0 Å². The maximum atomic E-state index is 12.2. The fourth-order valence-corrected chi connectivity index (χ4v) is 2.99. The van der Waals surface area contributed by atoms with Crippen LogP contribution in [0.1, 0.15) is 19.4 Å². The minimum Gasteiger partial charge on any atom is -0.347 e. The van der Waals surface area contributed by atoms with E-state index in [4.69, 9.17) is 0 Å². The van der Waals surface area contributed by atoms with Crippen molar-refractivity contribution in [1.82, 2.24) is 16.0 Å². The highest BCUT2D eigenvalue weighted by atomic mass is 31.0. The molecule has 1 aromatic carbocycles. The third kappa shape index (κ3) is 7.09. The average Bonchev–Trinajstić information content (AvgIpc) is 3.07. The Morgan fingerprint density at radius 1 is 0.906 bits per heavy atom. The topological polar surface area (TPSA) is 142 Å². The van der Waals surface area contributed by atoms with Crippen molar-refractivity contribution in [3.63, 3.8) is 0 Å². The van der Waals surface area contributed by atoms with Gasteiger partial charge in [-0.2, -0.15) is 0 Å². The van der Waals surface area contributed by atoms with Gasteiger partial charge in [0, 0.05) is 12.2 Å². The lowest BCUT2D eigenvalue weighted by Gasteiger charge is -2.21. The summed E-state index contributed by atoms with van der Waals surface area (Å²) in [5.41, 5.74) is 0.734. The first-order valence-corrected chi connectivity index (χ1v) is 10.4. The van der Waals surface area contributed by atoms with Crippen LogP contribution in [0.4, 0.5) is 5.69 Å². The molecule has 2 rings (SSSR count). The summed E-state index contributed by atoms with van der Waals surface area (Å²) in [5, 5.41) is 7.46. The quantitative estimate of drug-likeness (QED) is 0.316. The van der Waals surface area contributed by atoms with Crippen molar-refractivity contribution in [3.8, 4) is 0 Å². The lowest BCUT2D eigenvalue weighted by atomic mass is 10.0. The van der Waals surface area contributed by atoms with E-state index in [-0.39, 0.29) is 31.0 Å². The number of hydrogen-bond donors (Lipinski definition) is 3. The number of benzene rings is 1. The van der Waals surface area contributed by atoms with Crippen molar-refractivity contribution in [3.05, 3.63) is 42.0 Å². The summed E-state index contributed by atoms with van der Waals surface area (Å²) in [7, 11) is 1.95. The molecule has 32 heavy (non-hydrogen) atoms. The molecular weight excluding hydrogens is 435 g/mol. The van der Waals surface area contributed by atoms with Gasteiger partial charge in [0.05, 0.1) is 25.2 Å². The minimum absolute atomic E-state index is 0.0158. The van der Waals surface area contributed by atoms with Gasteiger partial charge in [-0.1, -0.05) is 35.2 Å². The molecule has 11 heteroatoms. The molecule has 0 bridgehead atoms. The number of imide groups is 1. The maximum Gasteiger partial charge on any atom is 0.258 e.